The van der Waals surface area contributed by atoms with Gasteiger partial charge in [-0.15, -0.1) is 0 Å². The lowest BCUT2D eigenvalue weighted by Crippen LogP contribution is -2.29. The molecule has 1 aromatic rings. The number of pyridine rings is 1. The first kappa shape index (κ1) is 15.4. The second kappa shape index (κ2) is 7.09. The van der Waals surface area contributed by atoms with Gasteiger partial charge in [0, 0.05) is 31.0 Å². The lowest BCUT2D eigenvalue weighted by molar-refractivity contribution is 0.0694. The van der Waals surface area contributed by atoms with Gasteiger partial charge in [0.05, 0.1) is 0 Å². The zero-order valence-corrected chi connectivity index (χ0v) is 11.8. The van der Waals surface area contributed by atoms with Gasteiger partial charge in [-0.2, -0.15) is 0 Å². The van der Waals surface area contributed by atoms with E-state index in [2.05, 4.69) is 18.7 Å². The first-order chi connectivity index (χ1) is 8.99. The summed E-state index contributed by atoms with van der Waals surface area (Å²) in [6.07, 6.45) is 2.54. The van der Waals surface area contributed by atoms with Gasteiger partial charge in [0.1, 0.15) is 5.56 Å². The van der Waals surface area contributed by atoms with Crippen LogP contribution in [-0.2, 0) is 6.54 Å². The van der Waals surface area contributed by atoms with E-state index >= 15 is 0 Å². The van der Waals surface area contributed by atoms with Gasteiger partial charge in [0.25, 0.3) is 0 Å². The molecular weight excluding hydrogens is 244 g/mol. The summed E-state index contributed by atoms with van der Waals surface area (Å²) in [6.45, 7) is 9.61. The van der Waals surface area contributed by atoms with Crippen molar-refractivity contribution in [2.75, 3.05) is 19.6 Å². The van der Waals surface area contributed by atoms with Crippen LogP contribution in [0.1, 0.15) is 36.3 Å². The maximum absolute atomic E-state index is 11.5. The van der Waals surface area contributed by atoms with E-state index in [9.17, 15) is 9.59 Å². The molecule has 19 heavy (non-hydrogen) atoms. The van der Waals surface area contributed by atoms with Crippen molar-refractivity contribution in [3.63, 3.8) is 0 Å². The fraction of sp³-hybridized carbons (Fsp3) is 0.571. The molecular formula is C14H22N2O3. The van der Waals surface area contributed by atoms with Crippen molar-refractivity contribution in [1.29, 1.82) is 0 Å². The lowest BCUT2D eigenvalue weighted by Gasteiger charge is -2.21. The SMILES string of the molecule is CCCN(CC)CCn1cc(C(=O)O)c(=O)cc1C. The van der Waals surface area contributed by atoms with E-state index in [1.165, 1.54) is 12.3 Å². The van der Waals surface area contributed by atoms with E-state index in [-0.39, 0.29) is 5.56 Å². The highest BCUT2D eigenvalue weighted by atomic mass is 16.4. The maximum Gasteiger partial charge on any atom is 0.341 e. The molecule has 1 N–H and O–H groups in total. The molecule has 1 heterocycles. The van der Waals surface area contributed by atoms with E-state index in [1.807, 2.05) is 11.5 Å². The quantitative estimate of drug-likeness (QED) is 0.814. The Morgan fingerprint density at radius 1 is 1.37 bits per heavy atom. The van der Waals surface area contributed by atoms with Crippen LogP contribution >= 0.6 is 0 Å². The molecule has 106 valence electrons. The Bertz CT molecular complexity index is 494. The molecule has 0 bridgehead atoms. The zero-order valence-electron chi connectivity index (χ0n) is 11.8. The van der Waals surface area contributed by atoms with Crippen molar-refractivity contribution < 1.29 is 9.90 Å². The van der Waals surface area contributed by atoms with Crippen LogP contribution in [0.3, 0.4) is 0 Å². The van der Waals surface area contributed by atoms with Crippen LogP contribution in [0.15, 0.2) is 17.1 Å². The maximum atomic E-state index is 11.5. The molecule has 5 nitrogen and oxygen atoms in total. The Balaban J connectivity index is 2.86. The van der Waals surface area contributed by atoms with Crippen molar-refractivity contribution in [2.24, 2.45) is 0 Å². The van der Waals surface area contributed by atoms with Crippen molar-refractivity contribution >= 4 is 5.97 Å². The molecule has 0 radical (unpaired) electrons. The number of carboxylic acid groups (broad SMARTS) is 1. The second-order valence-electron chi connectivity index (χ2n) is 4.63. The summed E-state index contributed by atoms with van der Waals surface area (Å²) in [4.78, 5) is 24.8. The smallest absolute Gasteiger partial charge is 0.341 e. The monoisotopic (exact) mass is 266 g/mol. The molecule has 1 aromatic heterocycles. The Labute approximate surface area is 113 Å². The predicted molar refractivity (Wildman–Crippen MR) is 74.8 cm³/mol. The molecule has 0 aromatic carbocycles. The predicted octanol–water partition coefficient (Wildman–Crippen LogP) is 1.59. The lowest BCUT2D eigenvalue weighted by atomic mass is 10.2. The minimum absolute atomic E-state index is 0.163. The molecule has 0 atom stereocenters. The molecule has 0 spiro atoms. The Morgan fingerprint density at radius 3 is 2.58 bits per heavy atom. The van der Waals surface area contributed by atoms with Gasteiger partial charge in [-0.1, -0.05) is 13.8 Å². The van der Waals surface area contributed by atoms with Crippen LogP contribution in [0.2, 0.25) is 0 Å². The number of likely N-dealkylation sites (N-methyl/N-ethyl adjacent to an activating group) is 1. The van der Waals surface area contributed by atoms with Crippen molar-refractivity contribution in [3.8, 4) is 0 Å². The third-order valence-corrected chi connectivity index (χ3v) is 3.22. The van der Waals surface area contributed by atoms with Gasteiger partial charge in [-0.25, -0.2) is 4.79 Å². The Hall–Kier alpha value is -1.62. The first-order valence-corrected chi connectivity index (χ1v) is 6.66. The van der Waals surface area contributed by atoms with Gasteiger partial charge < -0.3 is 14.6 Å². The molecule has 0 saturated heterocycles. The highest BCUT2D eigenvalue weighted by Gasteiger charge is 2.11. The number of carboxylic acids is 1. The van der Waals surface area contributed by atoms with Gasteiger partial charge in [-0.05, 0) is 26.4 Å². The number of hydrogen-bond acceptors (Lipinski definition) is 3. The highest BCUT2D eigenvalue weighted by molar-refractivity contribution is 5.87. The number of aryl methyl sites for hydroxylation is 1. The average molecular weight is 266 g/mol. The van der Waals surface area contributed by atoms with Gasteiger partial charge >= 0.3 is 5.97 Å². The van der Waals surface area contributed by atoms with Crippen LogP contribution in [0.4, 0.5) is 0 Å². The number of rotatable bonds is 7. The van der Waals surface area contributed by atoms with Crippen molar-refractivity contribution in [2.45, 2.75) is 33.7 Å². The molecule has 0 saturated carbocycles. The summed E-state index contributed by atoms with van der Waals surface area (Å²) < 4.78 is 1.84. The summed E-state index contributed by atoms with van der Waals surface area (Å²) in [5.74, 6) is -1.17. The zero-order chi connectivity index (χ0) is 14.4. The topological polar surface area (TPSA) is 62.5 Å². The molecule has 0 aliphatic carbocycles. The Kier molecular flexibility index (Phi) is 5.76. The van der Waals surface area contributed by atoms with Gasteiger partial charge in [0.15, 0.2) is 5.43 Å². The summed E-state index contributed by atoms with van der Waals surface area (Å²) in [6, 6.07) is 1.39. The van der Waals surface area contributed by atoms with Crippen LogP contribution in [-0.4, -0.2) is 40.2 Å². The Morgan fingerprint density at radius 2 is 2.05 bits per heavy atom. The molecule has 0 aliphatic rings. The first-order valence-electron chi connectivity index (χ1n) is 6.66. The minimum Gasteiger partial charge on any atom is -0.477 e. The third-order valence-electron chi connectivity index (χ3n) is 3.22. The normalized spacial score (nSPS) is 10.9. The molecule has 0 amide bonds. The molecule has 0 aliphatic heterocycles. The molecule has 5 heteroatoms. The van der Waals surface area contributed by atoms with Gasteiger partial charge in [-0.3, -0.25) is 4.79 Å². The second-order valence-corrected chi connectivity index (χ2v) is 4.63. The average Bonchev–Trinajstić information content (AvgIpc) is 2.35. The minimum atomic E-state index is -1.17. The van der Waals surface area contributed by atoms with E-state index in [0.717, 1.165) is 31.7 Å². The summed E-state index contributed by atoms with van der Waals surface area (Å²) in [5.41, 5.74) is 0.203. The van der Waals surface area contributed by atoms with E-state index < -0.39 is 11.4 Å². The van der Waals surface area contributed by atoms with Crippen molar-refractivity contribution in [3.05, 3.63) is 33.7 Å². The van der Waals surface area contributed by atoms with E-state index in [0.29, 0.717) is 6.54 Å². The van der Waals surface area contributed by atoms with Crippen LogP contribution in [0, 0.1) is 6.92 Å². The largest absolute Gasteiger partial charge is 0.477 e. The van der Waals surface area contributed by atoms with E-state index in [1.54, 1.807) is 0 Å². The number of aromatic nitrogens is 1. The fourth-order valence-electron chi connectivity index (χ4n) is 2.07. The number of carbonyl (C=O) groups is 1. The molecule has 0 unspecified atom stereocenters. The molecule has 0 fully saturated rings. The van der Waals surface area contributed by atoms with E-state index in [4.69, 9.17) is 5.11 Å². The highest BCUT2D eigenvalue weighted by Crippen LogP contribution is 2.01. The van der Waals surface area contributed by atoms with Gasteiger partial charge in [0.2, 0.25) is 0 Å². The number of nitrogens with zero attached hydrogens (tertiary/aromatic N) is 2. The summed E-state index contributed by atoms with van der Waals surface area (Å²) in [5, 5.41) is 8.97. The molecule has 1 rings (SSSR count). The van der Waals surface area contributed by atoms with Crippen LogP contribution in [0.25, 0.3) is 0 Å². The van der Waals surface area contributed by atoms with Crippen molar-refractivity contribution in [1.82, 2.24) is 9.47 Å². The third kappa shape index (κ3) is 4.21. The fourth-order valence-corrected chi connectivity index (χ4v) is 2.07. The summed E-state index contributed by atoms with van der Waals surface area (Å²) in [7, 11) is 0. The number of aromatic carboxylic acids is 1. The summed E-state index contributed by atoms with van der Waals surface area (Å²) >= 11 is 0. The van der Waals surface area contributed by atoms with Crippen LogP contribution < -0.4 is 5.43 Å². The number of hydrogen-bond donors (Lipinski definition) is 1. The standard InChI is InChI=1S/C14H22N2O3/c1-4-6-15(5-2)7-8-16-10-12(14(18)19)13(17)9-11(16)3/h9-10H,4-8H2,1-3H3,(H,18,19). The van der Waals surface area contributed by atoms with Crippen LogP contribution in [0.5, 0.6) is 0 Å².